The van der Waals surface area contributed by atoms with Gasteiger partial charge in [0.15, 0.2) is 0 Å². The summed E-state index contributed by atoms with van der Waals surface area (Å²) in [6, 6.07) is 11.6. The van der Waals surface area contributed by atoms with Crippen LogP contribution in [0.4, 0.5) is 11.5 Å². The van der Waals surface area contributed by atoms with Crippen molar-refractivity contribution in [1.82, 2.24) is 19.8 Å². The summed E-state index contributed by atoms with van der Waals surface area (Å²) >= 11 is 0. The average Bonchev–Trinajstić information content (AvgIpc) is 3.41. The number of fused-ring (bicyclic) bond motifs is 1. The van der Waals surface area contributed by atoms with Gasteiger partial charge in [-0.3, -0.25) is 4.79 Å². The number of para-hydroxylation sites is 1. The van der Waals surface area contributed by atoms with Gasteiger partial charge in [0.2, 0.25) is 5.91 Å². The zero-order valence-corrected chi connectivity index (χ0v) is 25.6. The van der Waals surface area contributed by atoms with E-state index in [9.17, 15) is 10.1 Å². The Kier molecular flexibility index (Phi) is 9.32. The molecule has 2 fully saturated rings. The third kappa shape index (κ3) is 6.24. The summed E-state index contributed by atoms with van der Waals surface area (Å²) in [6.07, 6.45) is 5.77. The molecule has 0 N–H and O–H groups in total. The Hall–Kier alpha value is -3.64. The maximum absolute atomic E-state index is 12.6. The summed E-state index contributed by atoms with van der Waals surface area (Å²) in [4.78, 5) is 31.1. The normalized spacial score (nSPS) is 24.3. The van der Waals surface area contributed by atoms with Crippen LogP contribution in [0.15, 0.2) is 36.9 Å². The van der Waals surface area contributed by atoms with E-state index >= 15 is 0 Å². The molecule has 4 atom stereocenters. The second-order valence-corrected chi connectivity index (χ2v) is 12.2. The molecule has 5 rings (SSSR count). The summed E-state index contributed by atoms with van der Waals surface area (Å²) in [5, 5.41) is 9.54. The molecular weight excluding hydrogens is 526 g/mol. The van der Waals surface area contributed by atoms with Crippen molar-refractivity contribution in [2.45, 2.75) is 64.0 Å². The van der Waals surface area contributed by atoms with Crippen molar-refractivity contribution in [2.24, 2.45) is 5.92 Å². The average molecular weight is 572 g/mol. The minimum Gasteiger partial charge on any atom is -0.462 e. The number of nitriles is 1. The van der Waals surface area contributed by atoms with Crippen LogP contribution in [-0.2, 0) is 11.2 Å². The van der Waals surface area contributed by atoms with Gasteiger partial charge in [0.1, 0.15) is 12.4 Å². The second-order valence-electron chi connectivity index (χ2n) is 12.2. The van der Waals surface area contributed by atoms with E-state index in [1.165, 1.54) is 23.7 Å². The first-order valence-corrected chi connectivity index (χ1v) is 15.4. The third-order valence-corrected chi connectivity index (χ3v) is 9.63. The van der Waals surface area contributed by atoms with Gasteiger partial charge in [-0.05, 0) is 75.7 Å². The Morgan fingerprint density at radius 1 is 1.17 bits per heavy atom. The number of hydrogen-bond acceptors (Lipinski definition) is 8. The monoisotopic (exact) mass is 571 g/mol. The van der Waals surface area contributed by atoms with Crippen LogP contribution < -0.4 is 14.5 Å². The van der Waals surface area contributed by atoms with Gasteiger partial charge < -0.3 is 24.3 Å². The zero-order valence-electron chi connectivity index (χ0n) is 25.6. The highest BCUT2D eigenvalue weighted by Crippen LogP contribution is 2.40. The van der Waals surface area contributed by atoms with Gasteiger partial charge in [0.25, 0.3) is 0 Å². The van der Waals surface area contributed by atoms with E-state index in [0.717, 1.165) is 49.4 Å². The van der Waals surface area contributed by atoms with Crippen LogP contribution in [0, 0.1) is 24.2 Å². The summed E-state index contributed by atoms with van der Waals surface area (Å²) < 4.78 is 6.22. The fourth-order valence-corrected chi connectivity index (χ4v) is 7.02. The van der Waals surface area contributed by atoms with Crippen molar-refractivity contribution < 1.29 is 9.53 Å². The molecule has 0 aliphatic carbocycles. The number of benzene rings is 1. The number of likely N-dealkylation sites (N-methyl/N-ethyl adjacent to an activating group) is 1. The molecule has 0 bridgehead atoms. The van der Waals surface area contributed by atoms with Gasteiger partial charge in [-0.25, -0.2) is 4.98 Å². The van der Waals surface area contributed by atoms with E-state index in [-0.39, 0.29) is 18.4 Å². The summed E-state index contributed by atoms with van der Waals surface area (Å²) in [6.45, 7) is 12.4. The molecule has 3 aliphatic heterocycles. The Morgan fingerprint density at radius 3 is 2.71 bits per heavy atom. The maximum atomic E-state index is 12.6. The van der Waals surface area contributed by atoms with Crippen LogP contribution in [0.2, 0.25) is 0 Å². The lowest BCUT2D eigenvalue weighted by Gasteiger charge is -2.41. The van der Waals surface area contributed by atoms with E-state index in [2.05, 4.69) is 79.6 Å². The first-order valence-electron chi connectivity index (χ1n) is 15.4. The predicted octanol–water partition coefficient (Wildman–Crippen LogP) is 4.18. The summed E-state index contributed by atoms with van der Waals surface area (Å²) in [5.41, 5.74) is 4.81. The lowest BCUT2D eigenvalue weighted by molar-refractivity contribution is -0.128. The molecule has 3 aliphatic rings. The molecule has 224 valence electrons. The lowest BCUT2D eigenvalue weighted by atomic mass is 9.79. The smallest absolute Gasteiger partial charge is 0.318 e. The highest BCUT2D eigenvalue weighted by atomic mass is 16.5. The van der Waals surface area contributed by atoms with Crippen LogP contribution in [0.5, 0.6) is 6.01 Å². The van der Waals surface area contributed by atoms with Gasteiger partial charge in [0.05, 0.1) is 18.5 Å². The number of carbonyl (C=O) groups excluding carboxylic acids is 1. The van der Waals surface area contributed by atoms with Crippen LogP contribution >= 0.6 is 0 Å². The quantitative estimate of drug-likeness (QED) is 0.415. The molecule has 4 heterocycles. The van der Waals surface area contributed by atoms with Crippen LogP contribution in [0.1, 0.15) is 55.3 Å². The Balaban J connectivity index is 1.40. The van der Waals surface area contributed by atoms with E-state index in [0.29, 0.717) is 50.1 Å². The van der Waals surface area contributed by atoms with E-state index in [1.54, 1.807) is 4.90 Å². The number of nitrogens with zero attached hydrogens (tertiary/aromatic N) is 7. The first kappa shape index (κ1) is 29.8. The highest BCUT2D eigenvalue weighted by Gasteiger charge is 2.33. The number of aromatic nitrogens is 2. The summed E-state index contributed by atoms with van der Waals surface area (Å²) in [7, 11) is 4.33. The van der Waals surface area contributed by atoms with Gasteiger partial charge in [0, 0.05) is 56.2 Å². The topological polar surface area (TPSA) is 88.8 Å². The minimum atomic E-state index is -0.225. The summed E-state index contributed by atoms with van der Waals surface area (Å²) in [5.74, 6) is 1.71. The zero-order chi connectivity index (χ0) is 29.8. The van der Waals surface area contributed by atoms with Crippen LogP contribution in [0.3, 0.4) is 0 Å². The van der Waals surface area contributed by atoms with Gasteiger partial charge in [-0.2, -0.15) is 10.2 Å². The molecule has 9 nitrogen and oxygen atoms in total. The predicted molar refractivity (Wildman–Crippen MR) is 166 cm³/mol. The number of aryl methyl sites for hydroxylation is 1. The largest absolute Gasteiger partial charge is 0.462 e. The standard InChI is InChI=1S/C33H45N7O2/c1-6-31(41)40-19-18-39(21-26(40)15-16-34)32-29(24(3)35-33(36-32)42-22-27-10-9-17-37(27)4)14-13-25-20-38(5)30-12-8-7-11-28(30)23(25)2/h6-8,11-12,23,25-27H,1,9-10,13-15,17-22H2,2-5H3/t23?,25-,26?,27?/m0/s1. The van der Waals surface area contributed by atoms with Gasteiger partial charge in [-0.15, -0.1) is 0 Å². The van der Waals surface area contributed by atoms with Gasteiger partial charge >= 0.3 is 6.01 Å². The number of likely N-dealkylation sites (tertiary alicyclic amines) is 1. The first-order chi connectivity index (χ1) is 20.3. The molecule has 42 heavy (non-hydrogen) atoms. The fourth-order valence-electron chi connectivity index (χ4n) is 7.02. The molecule has 3 unspecified atom stereocenters. The van der Waals surface area contributed by atoms with Crippen molar-refractivity contribution in [3.05, 3.63) is 53.7 Å². The second kappa shape index (κ2) is 13.1. The Morgan fingerprint density at radius 2 is 1.98 bits per heavy atom. The molecule has 1 aromatic heterocycles. The molecule has 0 spiro atoms. The molecule has 2 aromatic rings. The molecule has 0 saturated carbocycles. The number of ether oxygens (including phenoxy) is 1. The van der Waals surface area contributed by atoms with Crippen molar-refractivity contribution in [3.8, 4) is 12.1 Å². The van der Waals surface area contributed by atoms with Gasteiger partial charge in [-0.1, -0.05) is 31.7 Å². The van der Waals surface area contributed by atoms with Crippen molar-refractivity contribution in [1.29, 1.82) is 5.26 Å². The molecule has 2 saturated heterocycles. The third-order valence-electron chi connectivity index (χ3n) is 9.63. The van der Waals surface area contributed by atoms with E-state index in [4.69, 9.17) is 14.7 Å². The minimum absolute atomic E-state index is 0.130. The molecule has 1 amide bonds. The van der Waals surface area contributed by atoms with E-state index < -0.39 is 0 Å². The molecule has 0 radical (unpaired) electrons. The maximum Gasteiger partial charge on any atom is 0.318 e. The highest BCUT2D eigenvalue weighted by molar-refractivity contribution is 5.87. The van der Waals surface area contributed by atoms with Crippen molar-refractivity contribution in [3.63, 3.8) is 0 Å². The van der Waals surface area contributed by atoms with Crippen LogP contribution in [-0.4, -0.2) is 91.2 Å². The van der Waals surface area contributed by atoms with E-state index in [1.807, 2.05) is 0 Å². The molecule has 9 heteroatoms. The number of piperazine rings is 1. The number of hydrogen-bond donors (Lipinski definition) is 0. The lowest BCUT2D eigenvalue weighted by Crippen LogP contribution is -2.55. The Bertz CT molecular complexity index is 1320. The SMILES string of the molecule is C=CC(=O)N1CCN(c2nc(OCC3CCCN3C)nc(C)c2CC[C@H]2CN(C)c3ccccc3C2C)CC1CC#N. The molecule has 1 aromatic carbocycles. The number of amides is 1. The Labute approximate surface area is 250 Å². The number of rotatable bonds is 9. The van der Waals surface area contributed by atoms with Crippen LogP contribution in [0.25, 0.3) is 0 Å². The van der Waals surface area contributed by atoms with Crippen molar-refractivity contribution >= 4 is 17.4 Å². The fraction of sp³-hybridized carbons (Fsp3) is 0.576. The molecular formula is C33H45N7O2. The number of carbonyl (C=O) groups is 1. The van der Waals surface area contributed by atoms with Crippen molar-refractivity contribution in [2.75, 3.05) is 63.2 Å². The number of anilines is 2.